The summed E-state index contributed by atoms with van der Waals surface area (Å²) in [6.07, 6.45) is 1.48. The number of halogens is 1. The molecule has 3 rings (SSSR count). The van der Waals surface area contributed by atoms with Crippen LogP contribution in [0.15, 0.2) is 42.6 Å². The Morgan fingerprint density at radius 1 is 1.17 bits per heavy atom. The van der Waals surface area contributed by atoms with E-state index in [1.807, 2.05) is 0 Å². The Hall–Kier alpha value is -3.35. The normalized spacial score (nSPS) is 10.6. The third kappa shape index (κ3) is 2.79. The van der Waals surface area contributed by atoms with Gasteiger partial charge in [-0.05, 0) is 24.3 Å². The number of benzene rings is 2. The number of nitrogens with two attached hydrogens (primary N) is 1. The lowest BCUT2D eigenvalue weighted by atomic mass is 10.1. The lowest BCUT2D eigenvalue weighted by Gasteiger charge is -2.12. The molecule has 6 nitrogen and oxygen atoms in total. The Morgan fingerprint density at radius 3 is 2.62 bits per heavy atom. The Balaban J connectivity index is 2.14. The first-order valence-corrected chi connectivity index (χ1v) is 6.92. The number of carboxylic acid groups (broad SMARTS) is 1. The molecule has 3 N–H and O–H groups in total. The molecule has 0 saturated carbocycles. The quantitative estimate of drug-likeness (QED) is 0.712. The predicted octanol–water partition coefficient (Wildman–Crippen LogP) is 3.46. The number of aromatic carboxylic acids is 1. The predicted molar refractivity (Wildman–Crippen MR) is 86.1 cm³/mol. The summed E-state index contributed by atoms with van der Waals surface area (Å²) in [5.74, 6) is -1.34. The summed E-state index contributed by atoms with van der Waals surface area (Å²) in [7, 11) is 1.37. The minimum atomic E-state index is -1.15. The summed E-state index contributed by atoms with van der Waals surface area (Å²) in [4.78, 5) is 15.5. The average Bonchev–Trinajstić information content (AvgIpc) is 2.56. The number of methoxy groups -OCH3 is 1. The van der Waals surface area contributed by atoms with Gasteiger partial charge in [-0.25, -0.2) is 9.18 Å². The number of hydrogen-bond acceptors (Lipinski definition) is 5. The Kier molecular flexibility index (Phi) is 3.91. The van der Waals surface area contributed by atoms with E-state index in [1.54, 1.807) is 0 Å². The number of rotatable bonds is 4. The number of hydrogen-bond donors (Lipinski definition) is 2. The maximum absolute atomic E-state index is 13.9. The maximum atomic E-state index is 13.9. The number of anilines is 1. The molecule has 0 unspecified atom stereocenters. The fraction of sp³-hybridized carbons (Fsp3) is 0.0588. The summed E-state index contributed by atoms with van der Waals surface area (Å²) in [6.45, 7) is 0. The van der Waals surface area contributed by atoms with E-state index in [0.717, 1.165) is 6.07 Å². The first-order chi connectivity index (χ1) is 11.5. The summed E-state index contributed by atoms with van der Waals surface area (Å²) >= 11 is 0. The van der Waals surface area contributed by atoms with Crippen LogP contribution >= 0.6 is 0 Å². The molecule has 1 heterocycles. The fourth-order valence-corrected chi connectivity index (χ4v) is 2.29. The molecule has 24 heavy (non-hydrogen) atoms. The van der Waals surface area contributed by atoms with Crippen molar-refractivity contribution < 1.29 is 23.8 Å². The Bertz CT molecular complexity index is 943. The first-order valence-electron chi connectivity index (χ1n) is 6.92. The zero-order valence-corrected chi connectivity index (χ0v) is 12.6. The van der Waals surface area contributed by atoms with Gasteiger partial charge in [0.15, 0.2) is 11.6 Å². The molecule has 7 heteroatoms. The van der Waals surface area contributed by atoms with Crippen LogP contribution in [0.3, 0.4) is 0 Å². The van der Waals surface area contributed by atoms with E-state index in [9.17, 15) is 14.3 Å². The molecule has 0 amide bonds. The topological polar surface area (TPSA) is 94.7 Å². The van der Waals surface area contributed by atoms with Crippen molar-refractivity contribution in [2.45, 2.75) is 0 Å². The highest BCUT2D eigenvalue weighted by molar-refractivity contribution is 5.98. The van der Waals surface area contributed by atoms with Crippen LogP contribution in [0.4, 0.5) is 10.1 Å². The number of aromatic nitrogens is 1. The molecular formula is C17H13FN2O4. The van der Waals surface area contributed by atoms with E-state index in [2.05, 4.69) is 4.98 Å². The molecule has 3 aromatic rings. The lowest BCUT2D eigenvalue weighted by Crippen LogP contribution is -2.01. The second-order valence-electron chi connectivity index (χ2n) is 4.98. The van der Waals surface area contributed by atoms with Gasteiger partial charge in [-0.15, -0.1) is 0 Å². The van der Waals surface area contributed by atoms with Gasteiger partial charge >= 0.3 is 5.97 Å². The van der Waals surface area contributed by atoms with Crippen LogP contribution in [0.5, 0.6) is 17.2 Å². The summed E-state index contributed by atoms with van der Waals surface area (Å²) in [5, 5.41) is 9.72. The highest BCUT2D eigenvalue weighted by atomic mass is 19.1. The third-order valence-electron chi connectivity index (χ3n) is 3.43. The standard InChI is InChI=1S/C17H13FN2O4/c1-23-16-8-13-10(7-11(16)17(21)22)14(4-5-20-13)24-15-3-2-9(19)6-12(15)18/h2-8H,19H2,1H3,(H,21,22). The van der Waals surface area contributed by atoms with Crippen LogP contribution in [0.1, 0.15) is 10.4 Å². The van der Waals surface area contributed by atoms with Gasteiger partial charge < -0.3 is 20.3 Å². The molecule has 0 aliphatic heterocycles. The number of carboxylic acids is 1. The van der Waals surface area contributed by atoms with Crippen LogP contribution in [0.25, 0.3) is 10.9 Å². The summed E-state index contributed by atoms with van der Waals surface area (Å²) < 4.78 is 24.6. The van der Waals surface area contributed by atoms with Crippen LogP contribution < -0.4 is 15.2 Å². The van der Waals surface area contributed by atoms with Crippen molar-refractivity contribution in [2.75, 3.05) is 12.8 Å². The second kappa shape index (κ2) is 6.04. The molecule has 0 bridgehead atoms. The van der Waals surface area contributed by atoms with Gasteiger partial charge in [-0.1, -0.05) is 0 Å². The van der Waals surface area contributed by atoms with Gasteiger partial charge in [0.2, 0.25) is 0 Å². The number of nitrogens with zero attached hydrogens (tertiary/aromatic N) is 1. The van der Waals surface area contributed by atoms with Gasteiger partial charge in [-0.2, -0.15) is 0 Å². The van der Waals surface area contributed by atoms with Crippen molar-refractivity contribution in [3.05, 3.63) is 54.0 Å². The SMILES string of the molecule is COc1cc2nccc(Oc3ccc(N)cc3F)c2cc1C(=O)O. The number of carbonyl (C=O) groups is 1. The third-order valence-corrected chi connectivity index (χ3v) is 3.43. The molecule has 0 aliphatic rings. The average molecular weight is 328 g/mol. The fourth-order valence-electron chi connectivity index (χ4n) is 2.29. The largest absolute Gasteiger partial charge is 0.496 e. The lowest BCUT2D eigenvalue weighted by molar-refractivity contribution is 0.0693. The maximum Gasteiger partial charge on any atom is 0.339 e. The van der Waals surface area contributed by atoms with Gasteiger partial charge in [0.05, 0.1) is 12.6 Å². The van der Waals surface area contributed by atoms with Crippen LogP contribution in [-0.2, 0) is 0 Å². The molecule has 0 atom stereocenters. The van der Waals surface area contributed by atoms with E-state index in [1.165, 1.54) is 43.6 Å². The van der Waals surface area contributed by atoms with Crippen LogP contribution in [0.2, 0.25) is 0 Å². The number of pyridine rings is 1. The number of ether oxygens (including phenoxy) is 2. The van der Waals surface area contributed by atoms with Crippen molar-refractivity contribution in [3.8, 4) is 17.2 Å². The molecule has 0 spiro atoms. The van der Waals surface area contributed by atoms with Gasteiger partial charge in [0.25, 0.3) is 0 Å². The van der Waals surface area contributed by atoms with Crippen molar-refractivity contribution in [1.82, 2.24) is 4.98 Å². The van der Waals surface area contributed by atoms with Crippen molar-refractivity contribution >= 4 is 22.6 Å². The van der Waals surface area contributed by atoms with Crippen LogP contribution in [-0.4, -0.2) is 23.2 Å². The zero-order chi connectivity index (χ0) is 17.3. The molecule has 0 fully saturated rings. The van der Waals surface area contributed by atoms with E-state index in [-0.39, 0.29) is 28.5 Å². The van der Waals surface area contributed by atoms with E-state index < -0.39 is 11.8 Å². The minimum Gasteiger partial charge on any atom is -0.496 e. The molecule has 1 aromatic heterocycles. The highest BCUT2D eigenvalue weighted by Gasteiger charge is 2.16. The number of nitrogen functional groups attached to an aromatic ring is 1. The second-order valence-corrected chi connectivity index (χ2v) is 4.98. The summed E-state index contributed by atoms with van der Waals surface area (Å²) in [5.41, 5.74) is 6.21. The highest BCUT2D eigenvalue weighted by Crippen LogP contribution is 2.34. The van der Waals surface area contributed by atoms with Gasteiger partial charge in [-0.3, -0.25) is 4.98 Å². The monoisotopic (exact) mass is 328 g/mol. The van der Waals surface area contributed by atoms with Gasteiger partial charge in [0.1, 0.15) is 17.1 Å². The molecule has 0 saturated heterocycles. The first kappa shape index (κ1) is 15.5. The van der Waals surface area contributed by atoms with Crippen molar-refractivity contribution in [3.63, 3.8) is 0 Å². The molecule has 122 valence electrons. The van der Waals surface area contributed by atoms with Crippen molar-refractivity contribution in [2.24, 2.45) is 0 Å². The zero-order valence-electron chi connectivity index (χ0n) is 12.6. The molecule has 0 radical (unpaired) electrons. The van der Waals surface area contributed by atoms with E-state index in [4.69, 9.17) is 15.2 Å². The Morgan fingerprint density at radius 2 is 1.96 bits per heavy atom. The van der Waals surface area contributed by atoms with E-state index in [0.29, 0.717) is 10.9 Å². The minimum absolute atomic E-state index is 0.0237. The van der Waals surface area contributed by atoms with Crippen LogP contribution in [0, 0.1) is 5.82 Å². The smallest absolute Gasteiger partial charge is 0.339 e. The Labute approximate surface area is 136 Å². The molecular weight excluding hydrogens is 315 g/mol. The van der Waals surface area contributed by atoms with E-state index >= 15 is 0 Å². The van der Waals surface area contributed by atoms with Gasteiger partial charge in [0, 0.05) is 29.4 Å². The molecule has 0 aliphatic carbocycles. The number of fused-ring (bicyclic) bond motifs is 1. The molecule has 2 aromatic carbocycles. The van der Waals surface area contributed by atoms with Crippen molar-refractivity contribution in [1.29, 1.82) is 0 Å². The summed E-state index contributed by atoms with van der Waals surface area (Å²) in [6, 6.07) is 8.45.